The van der Waals surface area contributed by atoms with E-state index in [1.165, 1.54) is 6.07 Å². The highest BCUT2D eigenvalue weighted by Crippen LogP contribution is 2.23. The first-order valence-corrected chi connectivity index (χ1v) is 11.3. The van der Waals surface area contributed by atoms with Crippen LogP contribution in [-0.2, 0) is 9.47 Å². The lowest BCUT2D eigenvalue weighted by atomic mass is 9.96. The summed E-state index contributed by atoms with van der Waals surface area (Å²) in [6, 6.07) is 6.96. The van der Waals surface area contributed by atoms with Gasteiger partial charge in [-0.25, -0.2) is 4.39 Å². The van der Waals surface area contributed by atoms with E-state index in [2.05, 4.69) is 29.1 Å². The van der Waals surface area contributed by atoms with E-state index in [9.17, 15) is 4.39 Å². The minimum atomic E-state index is -0.199. The Kier molecular flexibility index (Phi) is 12.1. The van der Waals surface area contributed by atoms with Crippen molar-refractivity contribution in [3.63, 3.8) is 0 Å². The van der Waals surface area contributed by atoms with Crippen molar-refractivity contribution in [1.82, 2.24) is 15.1 Å². The highest BCUT2D eigenvalue weighted by molar-refractivity contribution is 14.0. The van der Waals surface area contributed by atoms with Gasteiger partial charge in [-0.3, -0.25) is 9.89 Å². The molecule has 0 bridgehead atoms. The maximum absolute atomic E-state index is 13.9. The molecule has 6 nitrogen and oxygen atoms in total. The van der Waals surface area contributed by atoms with Crippen molar-refractivity contribution in [2.75, 3.05) is 66.2 Å². The van der Waals surface area contributed by atoms with Crippen molar-refractivity contribution >= 4 is 29.9 Å². The molecule has 0 radical (unpaired) electrons. The Morgan fingerprint density at radius 1 is 1.23 bits per heavy atom. The summed E-state index contributed by atoms with van der Waals surface area (Å²) < 4.78 is 24.9. The van der Waals surface area contributed by atoms with E-state index < -0.39 is 0 Å². The molecule has 0 saturated carbocycles. The maximum atomic E-state index is 13.9. The lowest BCUT2D eigenvalue weighted by Crippen LogP contribution is -2.42. The maximum Gasteiger partial charge on any atom is 0.193 e. The van der Waals surface area contributed by atoms with Gasteiger partial charge in [0.2, 0.25) is 0 Å². The normalized spacial score (nSPS) is 19.5. The van der Waals surface area contributed by atoms with Gasteiger partial charge in [0.1, 0.15) is 5.82 Å². The lowest BCUT2D eigenvalue weighted by Gasteiger charge is -2.34. The summed E-state index contributed by atoms with van der Waals surface area (Å²) in [4.78, 5) is 9.54. The Balaban J connectivity index is 0.00000341. The summed E-state index contributed by atoms with van der Waals surface area (Å²) in [5, 5.41) is 3.43. The summed E-state index contributed by atoms with van der Waals surface area (Å²) in [7, 11) is 2.10. The van der Waals surface area contributed by atoms with Gasteiger partial charge in [0.15, 0.2) is 5.96 Å². The Hall–Kier alpha value is -0.970. The third kappa shape index (κ3) is 8.47. The molecule has 2 saturated heterocycles. The van der Waals surface area contributed by atoms with Gasteiger partial charge in [0.25, 0.3) is 0 Å². The van der Waals surface area contributed by atoms with Gasteiger partial charge in [0, 0.05) is 46.4 Å². The van der Waals surface area contributed by atoms with Crippen LogP contribution in [0.2, 0.25) is 0 Å². The first kappa shape index (κ1) is 26.3. The van der Waals surface area contributed by atoms with Gasteiger partial charge in [-0.15, -0.1) is 24.0 Å². The Bertz CT molecular complexity index is 667. The van der Waals surface area contributed by atoms with E-state index in [0.29, 0.717) is 19.8 Å². The molecule has 0 amide bonds. The molecule has 2 aliphatic heterocycles. The highest BCUT2D eigenvalue weighted by atomic mass is 127. The number of ether oxygens (including phenoxy) is 2. The van der Waals surface area contributed by atoms with Crippen LogP contribution in [0.4, 0.5) is 4.39 Å². The van der Waals surface area contributed by atoms with Crippen molar-refractivity contribution in [2.24, 2.45) is 10.9 Å². The van der Waals surface area contributed by atoms with Gasteiger partial charge >= 0.3 is 0 Å². The number of guanidine groups is 1. The summed E-state index contributed by atoms with van der Waals surface area (Å²) in [6.45, 7) is 9.35. The van der Waals surface area contributed by atoms with Gasteiger partial charge < -0.3 is 19.7 Å². The first-order valence-electron chi connectivity index (χ1n) is 11.3. The number of hydrogen-bond acceptors (Lipinski definition) is 4. The number of halogens is 2. The number of hydrogen-bond donors (Lipinski definition) is 1. The molecule has 1 N–H and O–H groups in total. The first-order chi connectivity index (χ1) is 14.7. The van der Waals surface area contributed by atoms with Crippen LogP contribution in [0.25, 0.3) is 0 Å². The van der Waals surface area contributed by atoms with Crippen LogP contribution in [0.15, 0.2) is 29.3 Å². The predicted octanol–water partition coefficient (Wildman–Crippen LogP) is 3.53. The molecular formula is C23H38FIN4O2. The lowest BCUT2D eigenvalue weighted by molar-refractivity contribution is 0.0179. The third-order valence-corrected chi connectivity index (χ3v) is 6.04. The standard InChI is InChI=1S/C23H37FN4O2.HI/c1-3-25-23(27(2)10-7-19-8-13-29-14-9-19)26-18-22(28-11-15-30-16-12-28)20-5-4-6-21(24)17-20;/h4-6,17,19,22H,3,7-16,18H2,1-2H3,(H,25,26);1H. The molecule has 0 spiro atoms. The van der Waals surface area contributed by atoms with E-state index in [0.717, 1.165) is 76.1 Å². The number of aliphatic imine (C=N–C) groups is 1. The van der Waals surface area contributed by atoms with E-state index in [4.69, 9.17) is 14.5 Å². The van der Waals surface area contributed by atoms with Crippen LogP contribution in [0.3, 0.4) is 0 Å². The largest absolute Gasteiger partial charge is 0.381 e. The van der Waals surface area contributed by atoms with E-state index in [1.54, 1.807) is 12.1 Å². The van der Waals surface area contributed by atoms with Gasteiger partial charge in [-0.05, 0) is 49.8 Å². The van der Waals surface area contributed by atoms with E-state index in [-0.39, 0.29) is 35.8 Å². The zero-order valence-electron chi connectivity index (χ0n) is 18.9. The molecule has 8 heteroatoms. The summed E-state index contributed by atoms with van der Waals surface area (Å²) in [5.74, 6) is 1.45. The monoisotopic (exact) mass is 548 g/mol. The molecular weight excluding hydrogens is 510 g/mol. The Morgan fingerprint density at radius 3 is 2.61 bits per heavy atom. The van der Waals surface area contributed by atoms with Crippen molar-refractivity contribution in [3.8, 4) is 0 Å². The molecule has 1 atom stereocenters. The van der Waals surface area contributed by atoms with Gasteiger partial charge in [-0.2, -0.15) is 0 Å². The van der Waals surface area contributed by atoms with Crippen molar-refractivity contribution < 1.29 is 13.9 Å². The number of nitrogens with zero attached hydrogens (tertiary/aromatic N) is 3. The molecule has 2 aliphatic rings. The fourth-order valence-corrected chi connectivity index (χ4v) is 4.19. The minimum absolute atomic E-state index is 0. The summed E-state index contributed by atoms with van der Waals surface area (Å²) in [6.07, 6.45) is 3.46. The number of benzene rings is 1. The van der Waals surface area contributed by atoms with Gasteiger partial charge in [-0.1, -0.05) is 12.1 Å². The average molecular weight is 548 g/mol. The van der Waals surface area contributed by atoms with E-state index >= 15 is 0 Å². The molecule has 2 fully saturated rings. The van der Waals surface area contributed by atoms with Gasteiger partial charge in [0.05, 0.1) is 25.8 Å². The van der Waals surface area contributed by atoms with Crippen molar-refractivity contribution in [2.45, 2.75) is 32.2 Å². The van der Waals surface area contributed by atoms with Crippen LogP contribution < -0.4 is 5.32 Å². The Morgan fingerprint density at radius 2 is 1.94 bits per heavy atom. The average Bonchev–Trinajstić information content (AvgIpc) is 2.78. The molecule has 0 aromatic heterocycles. The second kappa shape index (κ2) is 14.2. The zero-order valence-corrected chi connectivity index (χ0v) is 21.2. The molecule has 0 aliphatic carbocycles. The second-order valence-electron chi connectivity index (χ2n) is 8.18. The van der Waals surface area contributed by atoms with Crippen LogP contribution in [0.5, 0.6) is 0 Å². The number of nitrogens with one attached hydrogen (secondary N) is 1. The molecule has 3 rings (SSSR count). The zero-order chi connectivity index (χ0) is 21.2. The smallest absolute Gasteiger partial charge is 0.193 e. The SMILES string of the molecule is CCNC(=NCC(c1cccc(F)c1)N1CCOCC1)N(C)CCC1CCOCC1.I. The minimum Gasteiger partial charge on any atom is -0.381 e. The fourth-order valence-electron chi connectivity index (χ4n) is 4.19. The fraction of sp³-hybridized carbons (Fsp3) is 0.696. The molecule has 1 aromatic rings. The molecule has 31 heavy (non-hydrogen) atoms. The highest BCUT2D eigenvalue weighted by Gasteiger charge is 2.23. The molecule has 176 valence electrons. The third-order valence-electron chi connectivity index (χ3n) is 6.04. The van der Waals surface area contributed by atoms with Crippen LogP contribution >= 0.6 is 24.0 Å². The second-order valence-corrected chi connectivity index (χ2v) is 8.18. The summed E-state index contributed by atoms with van der Waals surface area (Å²) >= 11 is 0. The molecule has 1 aromatic carbocycles. The van der Waals surface area contributed by atoms with Crippen LogP contribution in [0, 0.1) is 11.7 Å². The quantitative estimate of drug-likeness (QED) is 0.306. The topological polar surface area (TPSA) is 49.3 Å². The van der Waals surface area contributed by atoms with Crippen molar-refractivity contribution in [1.29, 1.82) is 0 Å². The number of morpholine rings is 1. The Labute approximate surface area is 203 Å². The van der Waals surface area contributed by atoms with Crippen LogP contribution in [0.1, 0.15) is 37.8 Å². The number of rotatable bonds is 8. The molecule has 2 heterocycles. The van der Waals surface area contributed by atoms with Crippen molar-refractivity contribution in [3.05, 3.63) is 35.6 Å². The summed E-state index contributed by atoms with van der Waals surface area (Å²) in [5.41, 5.74) is 0.973. The van der Waals surface area contributed by atoms with E-state index in [1.807, 2.05) is 6.07 Å². The van der Waals surface area contributed by atoms with Crippen LogP contribution in [-0.4, -0.2) is 82.0 Å². The predicted molar refractivity (Wildman–Crippen MR) is 134 cm³/mol. The molecule has 1 unspecified atom stereocenters.